The SMILES string of the molecule is Cc1cc(C(=O)N2CCNC[C@@H]2C)nn1C.Cl. The van der Waals surface area contributed by atoms with Crippen molar-refractivity contribution >= 4 is 18.3 Å². The van der Waals surface area contributed by atoms with Crippen molar-refractivity contribution in [2.45, 2.75) is 19.9 Å². The van der Waals surface area contributed by atoms with E-state index in [1.54, 1.807) is 4.68 Å². The minimum absolute atomic E-state index is 0. The van der Waals surface area contributed by atoms with Gasteiger partial charge in [0.25, 0.3) is 5.91 Å². The monoisotopic (exact) mass is 258 g/mol. The lowest BCUT2D eigenvalue weighted by atomic mass is 10.2. The van der Waals surface area contributed by atoms with Crippen LogP contribution < -0.4 is 5.32 Å². The summed E-state index contributed by atoms with van der Waals surface area (Å²) in [6.07, 6.45) is 0. The molecular weight excluding hydrogens is 240 g/mol. The number of rotatable bonds is 1. The van der Waals surface area contributed by atoms with Gasteiger partial charge >= 0.3 is 0 Å². The number of hydrogen-bond donors (Lipinski definition) is 1. The van der Waals surface area contributed by atoms with Gasteiger partial charge in [0.15, 0.2) is 5.69 Å². The Kier molecular flexibility index (Phi) is 4.54. The third-order valence-corrected chi connectivity index (χ3v) is 3.10. The second kappa shape index (κ2) is 5.51. The lowest BCUT2D eigenvalue weighted by Gasteiger charge is -2.33. The van der Waals surface area contributed by atoms with E-state index >= 15 is 0 Å². The van der Waals surface area contributed by atoms with Gasteiger partial charge in [0, 0.05) is 38.4 Å². The van der Waals surface area contributed by atoms with Crippen molar-refractivity contribution in [2.24, 2.45) is 7.05 Å². The molecule has 0 unspecified atom stereocenters. The molecule has 1 aliphatic heterocycles. The summed E-state index contributed by atoms with van der Waals surface area (Å²) in [5, 5.41) is 7.49. The number of hydrogen-bond acceptors (Lipinski definition) is 3. The number of aromatic nitrogens is 2. The molecule has 17 heavy (non-hydrogen) atoms. The van der Waals surface area contributed by atoms with E-state index in [1.165, 1.54) is 0 Å². The van der Waals surface area contributed by atoms with Crippen LogP contribution in [0, 0.1) is 6.92 Å². The number of nitrogens with zero attached hydrogens (tertiary/aromatic N) is 3. The lowest BCUT2D eigenvalue weighted by Crippen LogP contribution is -2.52. The van der Waals surface area contributed by atoms with Crippen LogP contribution in [0.15, 0.2) is 6.07 Å². The van der Waals surface area contributed by atoms with Crippen LogP contribution in [0.4, 0.5) is 0 Å². The summed E-state index contributed by atoms with van der Waals surface area (Å²) in [4.78, 5) is 14.1. The van der Waals surface area contributed by atoms with Crippen LogP contribution >= 0.6 is 12.4 Å². The number of nitrogens with one attached hydrogen (secondary N) is 1. The van der Waals surface area contributed by atoms with Gasteiger partial charge < -0.3 is 10.2 Å². The zero-order valence-corrected chi connectivity index (χ0v) is 11.3. The summed E-state index contributed by atoms with van der Waals surface area (Å²) in [6, 6.07) is 2.08. The van der Waals surface area contributed by atoms with E-state index in [9.17, 15) is 4.79 Å². The van der Waals surface area contributed by atoms with Crippen LogP contribution in [0.5, 0.6) is 0 Å². The molecule has 1 atom stereocenters. The van der Waals surface area contributed by atoms with Gasteiger partial charge in [0.2, 0.25) is 0 Å². The van der Waals surface area contributed by atoms with Gasteiger partial charge in [0.1, 0.15) is 0 Å². The zero-order chi connectivity index (χ0) is 11.7. The molecule has 0 aliphatic carbocycles. The van der Waals surface area contributed by atoms with Gasteiger partial charge in [0.05, 0.1) is 0 Å². The molecule has 0 saturated carbocycles. The topological polar surface area (TPSA) is 50.2 Å². The molecule has 1 amide bonds. The maximum Gasteiger partial charge on any atom is 0.274 e. The van der Waals surface area contributed by atoms with E-state index in [2.05, 4.69) is 17.3 Å². The van der Waals surface area contributed by atoms with E-state index in [0.717, 1.165) is 25.3 Å². The maximum absolute atomic E-state index is 12.2. The molecule has 1 aromatic heterocycles. The van der Waals surface area contributed by atoms with Crippen LogP contribution in [0.3, 0.4) is 0 Å². The minimum Gasteiger partial charge on any atom is -0.332 e. The Labute approximate surface area is 108 Å². The van der Waals surface area contributed by atoms with Gasteiger partial charge in [-0.25, -0.2) is 0 Å². The van der Waals surface area contributed by atoms with Crippen LogP contribution in [0.2, 0.25) is 0 Å². The average Bonchev–Trinajstić information content (AvgIpc) is 2.59. The Morgan fingerprint density at radius 3 is 2.82 bits per heavy atom. The Balaban J connectivity index is 0.00000144. The second-order valence-corrected chi connectivity index (χ2v) is 4.35. The quantitative estimate of drug-likeness (QED) is 0.802. The van der Waals surface area contributed by atoms with Gasteiger partial charge in [-0.2, -0.15) is 5.10 Å². The van der Waals surface area contributed by atoms with E-state index in [-0.39, 0.29) is 24.4 Å². The molecular formula is C11H19ClN4O. The summed E-state index contributed by atoms with van der Waals surface area (Å²) in [5.74, 6) is 0.0395. The van der Waals surface area contributed by atoms with Crippen molar-refractivity contribution in [3.63, 3.8) is 0 Å². The molecule has 2 heterocycles. The van der Waals surface area contributed by atoms with Crippen molar-refractivity contribution in [3.8, 4) is 0 Å². The lowest BCUT2D eigenvalue weighted by molar-refractivity contribution is 0.0649. The molecule has 1 saturated heterocycles. The number of aryl methyl sites for hydroxylation is 2. The first-order valence-electron chi connectivity index (χ1n) is 5.62. The van der Waals surface area contributed by atoms with Gasteiger partial charge in [-0.05, 0) is 19.9 Å². The fraction of sp³-hybridized carbons (Fsp3) is 0.636. The normalized spacial score (nSPS) is 19.9. The van der Waals surface area contributed by atoms with Crippen LogP contribution in [0.25, 0.3) is 0 Å². The smallest absolute Gasteiger partial charge is 0.274 e. The molecule has 0 bridgehead atoms. The standard InChI is InChI=1S/C11H18N4O.ClH/c1-8-6-10(13-14(8)3)11(16)15-5-4-12-7-9(15)2;/h6,9,12H,4-5,7H2,1-3H3;1H/t9-;/m0./s1. The molecule has 2 rings (SSSR count). The zero-order valence-electron chi connectivity index (χ0n) is 10.4. The Bertz CT molecular complexity index is 385. The van der Waals surface area contributed by atoms with Crippen molar-refractivity contribution in [3.05, 3.63) is 17.5 Å². The van der Waals surface area contributed by atoms with Crippen LogP contribution in [-0.2, 0) is 7.05 Å². The molecule has 1 aliphatic rings. The summed E-state index contributed by atoms with van der Waals surface area (Å²) in [6.45, 7) is 6.49. The highest BCUT2D eigenvalue weighted by atomic mass is 35.5. The van der Waals surface area contributed by atoms with E-state index in [1.807, 2.05) is 24.9 Å². The third kappa shape index (κ3) is 2.79. The molecule has 0 aromatic carbocycles. The molecule has 1 fully saturated rings. The number of halogens is 1. The van der Waals surface area contributed by atoms with Gasteiger partial charge in [-0.15, -0.1) is 12.4 Å². The molecule has 1 aromatic rings. The van der Waals surface area contributed by atoms with Gasteiger partial charge in [-0.3, -0.25) is 9.48 Å². The van der Waals surface area contributed by atoms with Gasteiger partial charge in [-0.1, -0.05) is 0 Å². The van der Waals surface area contributed by atoms with E-state index < -0.39 is 0 Å². The first-order chi connectivity index (χ1) is 7.59. The van der Waals surface area contributed by atoms with Crippen molar-refractivity contribution in [1.82, 2.24) is 20.0 Å². The summed E-state index contributed by atoms with van der Waals surface area (Å²) >= 11 is 0. The molecule has 6 heteroatoms. The van der Waals surface area contributed by atoms with Crippen molar-refractivity contribution in [1.29, 1.82) is 0 Å². The number of amides is 1. The fourth-order valence-corrected chi connectivity index (χ4v) is 1.96. The largest absolute Gasteiger partial charge is 0.332 e. The maximum atomic E-state index is 12.2. The molecule has 0 spiro atoms. The van der Waals surface area contributed by atoms with Crippen molar-refractivity contribution in [2.75, 3.05) is 19.6 Å². The molecule has 5 nitrogen and oxygen atoms in total. The Hall–Kier alpha value is -1.07. The number of carbonyl (C=O) groups is 1. The fourth-order valence-electron chi connectivity index (χ4n) is 1.96. The first kappa shape index (κ1) is 14.0. The summed E-state index contributed by atoms with van der Waals surface area (Å²) in [7, 11) is 1.85. The first-order valence-corrected chi connectivity index (χ1v) is 5.62. The highest BCUT2D eigenvalue weighted by molar-refractivity contribution is 5.92. The predicted octanol–water partition coefficient (Wildman–Crippen LogP) is 0.584. The molecule has 1 N–H and O–H groups in total. The van der Waals surface area contributed by atoms with Crippen molar-refractivity contribution < 1.29 is 4.79 Å². The number of piperazine rings is 1. The Morgan fingerprint density at radius 2 is 2.29 bits per heavy atom. The predicted molar refractivity (Wildman–Crippen MR) is 68.6 cm³/mol. The Morgan fingerprint density at radius 1 is 1.59 bits per heavy atom. The highest BCUT2D eigenvalue weighted by Gasteiger charge is 2.25. The second-order valence-electron chi connectivity index (χ2n) is 4.35. The average molecular weight is 259 g/mol. The third-order valence-electron chi connectivity index (χ3n) is 3.10. The number of carbonyl (C=O) groups excluding carboxylic acids is 1. The molecule has 0 radical (unpaired) electrons. The summed E-state index contributed by atoms with van der Waals surface area (Å²) in [5.41, 5.74) is 1.56. The summed E-state index contributed by atoms with van der Waals surface area (Å²) < 4.78 is 1.74. The van der Waals surface area contributed by atoms with E-state index in [0.29, 0.717) is 5.69 Å². The van der Waals surface area contributed by atoms with Crippen LogP contribution in [-0.4, -0.2) is 46.3 Å². The molecule has 96 valence electrons. The van der Waals surface area contributed by atoms with E-state index in [4.69, 9.17) is 0 Å². The highest BCUT2D eigenvalue weighted by Crippen LogP contribution is 2.10. The minimum atomic E-state index is 0. The van der Waals surface area contributed by atoms with Crippen LogP contribution in [0.1, 0.15) is 23.1 Å².